The number of fused-ring (bicyclic) bond motifs is 1. The number of pyridine rings is 1. The average Bonchev–Trinajstić information content (AvgIpc) is 3.30. The van der Waals surface area contributed by atoms with Crippen LogP contribution in [0.25, 0.3) is 22.4 Å². The number of nitrogens with zero attached hydrogens (tertiary/aromatic N) is 2. The predicted molar refractivity (Wildman–Crippen MR) is 133 cm³/mol. The summed E-state index contributed by atoms with van der Waals surface area (Å²) in [7, 11) is 0. The molecule has 0 radical (unpaired) electrons. The first-order valence-electron chi connectivity index (χ1n) is 11.7. The SMILES string of the molecule is CC1CCCCC1NC(=O)c1ccc2[nH]c(-c3ccc(C(=O)Nc4ccncc4)cc3)nc2c1. The predicted octanol–water partition coefficient (Wildman–Crippen LogP) is 5.19. The van der Waals surface area contributed by atoms with Gasteiger partial charge in [-0.25, -0.2) is 4.98 Å². The van der Waals surface area contributed by atoms with Crippen molar-refractivity contribution in [3.8, 4) is 11.4 Å². The molecule has 1 aliphatic carbocycles. The summed E-state index contributed by atoms with van der Waals surface area (Å²) < 4.78 is 0. The zero-order valence-electron chi connectivity index (χ0n) is 19.0. The minimum absolute atomic E-state index is 0.0465. The van der Waals surface area contributed by atoms with E-state index in [4.69, 9.17) is 0 Å². The molecule has 0 bridgehead atoms. The topological polar surface area (TPSA) is 99.8 Å². The van der Waals surface area contributed by atoms with Crippen LogP contribution in [0.15, 0.2) is 67.0 Å². The fourth-order valence-electron chi connectivity index (χ4n) is 4.48. The van der Waals surface area contributed by atoms with Crippen LogP contribution in [0.4, 0.5) is 5.69 Å². The Kier molecular flexibility index (Phi) is 6.08. The highest BCUT2D eigenvalue weighted by Gasteiger charge is 2.23. The highest BCUT2D eigenvalue weighted by atomic mass is 16.2. The average molecular weight is 454 g/mol. The van der Waals surface area contributed by atoms with Gasteiger partial charge in [0.25, 0.3) is 11.8 Å². The minimum Gasteiger partial charge on any atom is -0.349 e. The van der Waals surface area contributed by atoms with Crippen molar-refractivity contribution in [2.75, 3.05) is 5.32 Å². The number of aromatic nitrogens is 3. The summed E-state index contributed by atoms with van der Waals surface area (Å²) in [4.78, 5) is 37.2. The number of benzene rings is 2. The fraction of sp³-hybridized carbons (Fsp3) is 0.259. The van der Waals surface area contributed by atoms with Gasteiger partial charge in [0.15, 0.2) is 0 Å². The molecule has 2 unspecified atom stereocenters. The number of rotatable bonds is 5. The molecule has 34 heavy (non-hydrogen) atoms. The molecule has 4 aromatic rings. The number of H-pyrrole nitrogens is 1. The van der Waals surface area contributed by atoms with E-state index in [2.05, 4.69) is 32.5 Å². The number of amides is 2. The van der Waals surface area contributed by atoms with E-state index in [1.54, 1.807) is 36.7 Å². The van der Waals surface area contributed by atoms with Crippen LogP contribution in [0.3, 0.4) is 0 Å². The Morgan fingerprint density at radius 3 is 2.41 bits per heavy atom. The standard InChI is InChI=1S/C27H27N5O2/c1-17-4-2-3-5-22(17)32-27(34)20-10-11-23-24(16-20)31-25(30-23)18-6-8-19(9-7-18)26(33)29-21-12-14-28-15-13-21/h6-17,22H,2-5H2,1H3,(H,30,31)(H,32,34)(H,28,29,33). The van der Waals surface area contributed by atoms with Gasteiger partial charge in [-0.15, -0.1) is 0 Å². The smallest absolute Gasteiger partial charge is 0.255 e. The van der Waals surface area contributed by atoms with Crippen molar-refractivity contribution in [1.82, 2.24) is 20.3 Å². The number of anilines is 1. The highest BCUT2D eigenvalue weighted by Crippen LogP contribution is 2.25. The van der Waals surface area contributed by atoms with E-state index < -0.39 is 0 Å². The van der Waals surface area contributed by atoms with Crippen molar-refractivity contribution >= 4 is 28.5 Å². The summed E-state index contributed by atoms with van der Waals surface area (Å²) in [5.41, 5.74) is 4.31. The molecule has 1 aliphatic rings. The first-order valence-corrected chi connectivity index (χ1v) is 11.7. The molecule has 2 aromatic carbocycles. The molecule has 172 valence electrons. The Hall–Kier alpha value is -4.00. The van der Waals surface area contributed by atoms with Gasteiger partial charge in [-0.05, 0) is 61.2 Å². The molecule has 3 N–H and O–H groups in total. The highest BCUT2D eigenvalue weighted by molar-refractivity contribution is 6.04. The summed E-state index contributed by atoms with van der Waals surface area (Å²) in [6.07, 6.45) is 7.88. The van der Waals surface area contributed by atoms with Crippen molar-refractivity contribution in [3.05, 3.63) is 78.1 Å². The van der Waals surface area contributed by atoms with Gasteiger partial charge in [0.2, 0.25) is 0 Å². The zero-order valence-corrected chi connectivity index (χ0v) is 19.0. The molecular formula is C27H27N5O2. The van der Waals surface area contributed by atoms with Crippen molar-refractivity contribution in [2.24, 2.45) is 5.92 Å². The third kappa shape index (κ3) is 4.69. The molecule has 2 amide bonds. The normalized spacial score (nSPS) is 17.9. The Labute approximate surface area is 198 Å². The van der Waals surface area contributed by atoms with E-state index in [-0.39, 0.29) is 17.9 Å². The third-order valence-electron chi connectivity index (χ3n) is 6.53. The van der Waals surface area contributed by atoms with E-state index in [9.17, 15) is 9.59 Å². The number of hydrogen-bond donors (Lipinski definition) is 3. The molecule has 2 heterocycles. The lowest BCUT2D eigenvalue weighted by Crippen LogP contribution is -2.41. The maximum Gasteiger partial charge on any atom is 0.255 e. The van der Waals surface area contributed by atoms with Gasteiger partial charge in [0.1, 0.15) is 5.82 Å². The Bertz CT molecular complexity index is 1310. The monoisotopic (exact) mass is 453 g/mol. The van der Waals surface area contributed by atoms with Gasteiger partial charge >= 0.3 is 0 Å². The summed E-state index contributed by atoms with van der Waals surface area (Å²) in [6.45, 7) is 2.21. The van der Waals surface area contributed by atoms with E-state index in [0.29, 0.717) is 28.6 Å². The Morgan fingerprint density at radius 1 is 0.912 bits per heavy atom. The molecular weight excluding hydrogens is 426 g/mol. The molecule has 0 saturated heterocycles. The summed E-state index contributed by atoms with van der Waals surface area (Å²) in [6, 6.07) is 16.5. The van der Waals surface area contributed by atoms with Crippen LogP contribution in [0.5, 0.6) is 0 Å². The molecule has 7 heteroatoms. The summed E-state index contributed by atoms with van der Waals surface area (Å²) in [5.74, 6) is 0.961. The second kappa shape index (κ2) is 9.47. The molecule has 2 aromatic heterocycles. The molecule has 0 aliphatic heterocycles. The second-order valence-corrected chi connectivity index (χ2v) is 8.93. The number of aromatic amines is 1. The fourth-order valence-corrected chi connectivity index (χ4v) is 4.48. The van der Waals surface area contributed by atoms with Crippen LogP contribution in [0, 0.1) is 5.92 Å². The van der Waals surface area contributed by atoms with Crippen LogP contribution in [-0.4, -0.2) is 32.8 Å². The van der Waals surface area contributed by atoms with Gasteiger partial charge in [0.05, 0.1) is 11.0 Å². The minimum atomic E-state index is -0.190. The maximum absolute atomic E-state index is 12.8. The van der Waals surface area contributed by atoms with Crippen molar-refractivity contribution in [1.29, 1.82) is 0 Å². The lowest BCUT2D eigenvalue weighted by molar-refractivity contribution is 0.0910. The van der Waals surface area contributed by atoms with Crippen LogP contribution in [0.1, 0.15) is 53.3 Å². The molecule has 1 saturated carbocycles. The van der Waals surface area contributed by atoms with Crippen molar-refractivity contribution in [2.45, 2.75) is 38.6 Å². The summed E-state index contributed by atoms with van der Waals surface area (Å²) in [5, 5.41) is 6.05. The zero-order chi connectivity index (χ0) is 23.5. The largest absolute Gasteiger partial charge is 0.349 e. The third-order valence-corrected chi connectivity index (χ3v) is 6.53. The lowest BCUT2D eigenvalue weighted by atomic mass is 9.86. The number of carbonyl (C=O) groups is 2. The molecule has 7 nitrogen and oxygen atoms in total. The van der Waals surface area contributed by atoms with Crippen molar-refractivity contribution < 1.29 is 9.59 Å². The Morgan fingerprint density at radius 2 is 1.65 bits per heavy atom. The van der Waals surface area contributed by atoms with E-state index in [1.807, 2.05) is 30.3 Å². The van der Waals surface area contributed by atoms with Crippen LogP contribution < -0.4 is 10.6 Å². The quantitative estimate of drug-likeness (QED) is 0.387. The van der Waals surface area contributed by atoms with Gasteiger partial charge in [0, 0.05) is 40.8 Å². The summed E-state index contributed by atoms with van der Waals surface area (Å²) >= 11 is 0. The van der Waals surface area contributed by atoms with Crippen LogP contribution in [-0.2, 0) is 0 Å². The number of carbonyl (C=O) groups excluding carboxylic acids is 2. The van der Waals surface area contributed by atoms with E-state index in [1.165, 1.54) is 12.8 Å². The van der Waals surface area contributed by atoms with Crippen LogP contribution in [0.2, 0.25) is 0 Å². The van der Waals surface area contributed by atoms with Gasteiger partial charge in [-0.2, -0.15) is 0 Å². The van der Waals surface area contributed by atoms with Gasteiger partial charge < -0.3 is 15.6 Å². The van der Waals surface area contributed by atoms with Crippen LogP contribution >= 0.6 is 0 Å². The lowest BCUT2D eigenvalue weighted by Gasteiger charge is -2.29. The van der Waals surface area contributed by atoms with E-state index in [0.717, 1.165) is 29.4 Å². The van der Waals surface area contributed by atoms with Crippen molar-refractivity contribution in [3.63, 3.8) is 0 Å². The first kappa shape index (κ1) is 21.8. The van der Waals surface area contributed by atoms with E-state index >= 15 is 0 Å². The first-order chi connectivity index (χ1) is 16.6. The Balaban J connectivity index is 1.30. The van der Waals surface area contributed by atoms with Gasteiger partial charge in [-0.3, -0.25) is 14.6 Å². The molecule has 2 atom stereocenters. The number of hydrogen-bond acceptors (Lipinski definition) is 4. The number of nitrogens with one attached hydrogen (secondary N) is 3. The second-order valence-electron chi connectivity index (χ2n) is 8.93. The molecule has 5 rings (SSSR count). The molecule has 0 spiro atoms. The number of imidazole rings is 1. The molecule has 1 fully saturated rings. The van der Waals surface area contributed by atoms with Gasteiger partial charge in [-0.1, -0.05) is 31.9 Å². The maximum atomic E-state index is 12.8.